The van der Waals surface area contributed by atoms with E-state index in [1.54, 1.807) is 29.1 Å². The van der Waals surface area contributed by atoms with Crippen LogP contribution in [0.15, 0.2) is 132 Å². The van der Waals surface area contributed by atoms with Gasteiger partial charge in [0.2, 0.25) is 5.91 Å². The molecule has 6 rings (SSSR count). The standard InChI is InChI=1S/C33H26N4O3/c38-32(34-31-21-30(25-11-3-1-4-12-25)35-37(31)28-14-5-2-6-15-28)23-36(22-29-16-9-19-40-29)33(39)27-18-17-24-10-7-8-13-26(24)20-27/h1-21H,22-23H2,(H,34,38). The number of hydrogen-bond acceptors (Lipinski definition) is 4. The molecule has 0 aliphatic heterocycles. The Hall–Kier alpha value is -5.43. The summed E-state index contributed by atoms with van der Waals surface area (Å²) in [5.41, 5.74) is 2.96. The number of hydrogen-bond donors (Lipinski definition) is 1. The lowest BCUT2D eigenvalue weighted by molar-refractivity contribution is -0.117. The van der Waals surface area contributed by atoms with Gasteiger partial charge >= 0.3 is 0 Å². The number of fused-ring (bicyclic) bond motifs is 1. The van der Waals surface area contributed by atoms with Gasteiger partial charge in [0.25, 0.3) is 5.91 Å². The fourth-order valence-corrected chi connectivity index (χ4v) is 4.64. The summed E-state index contributed by atoms with van der Waals surface area (Å²) in [5.74, 6) is 0.477. The van der Waals surface area contributed by atoms with E-state index in [0.717, 1.165) is 27.7 Å². The number of rotatable bonds is 8. The first kappa shape index (κ1) is 24.9. The predicted octanol–water partition coefficient (Wildman–Crippen LogP) is 6.57. The van der Waals surface area contributed by atoms with Crippen LogP contribution in [0.3, 0.4) is 0 Å². The third-order valence-electron chi connectivity index (χ3n) is 6.59. The topological polar surface area (TPSA) is 80.4 Å². The monoisotopic (exact) mass is 526 g/mol. The number of anilines is 1. The van der Waals surface area contributed by atoms with Crippen molar-refractivity contribution in [3.8, 4) is 16.9 Å². The fourth-order valence-electron chi connectivity index (χ4n) is 4.64. The van der Waals surface area contributed by atoms with Crippen molar-refractivity contribution in [3.05, 3.63) is 139 Å². The van der Waals surface area contributed by atoms with Gasteiger partial charge in [-0.15, -0.1) is 0 Å². The van der Waals surface area contributed by atoms with Crippen molar-refractivity contribution < 1.29 is 14.0 Å². The Labute approximate surface area is 231 Å². The molecule has 2 heterocycles. The summed E-state index contributed by atoms with van der Waals surface area (Å²) in [4.78, 5) is 28.6. The normalized spacial score (nSPS) is 10.9. The highest BCUT2D eigenvalue weighted by molar-refractivity contribution is 6.01. The molecule has 0 spiro atoms. The lowest BCUT2D eigenvalue weighted by atomic mass is 10.1. The van der Waals surface area contributed by atoms with Crippen molar-refractivity contribution in [1.29, 1.82) is 0 Å². The zero-order valence-electron chi connectivity index (χ0n) is 21.6. The van der Waals surface area contributed by atoms with Crippen LogP contribution in [0.2, 0.25) is 0 Å². The van der Waals surface area contributed by atoms with E-state index in [1.807, 2.05) is 103 Å². The van der Waals surface area contributed by atoms with E-state index in [1.165, 1.54) is 4.90 Å². The van der Waals surface area contributed by atoms with E-state index >= 15 is 0 Å². The number of carbonyl (C=O) groups is 2. The Balaban J connectivity index is 1.29. The molecule has 0 bridgehead atoms. The first-order valence-electron chi connectivity index (χ1n) is 13.0. The Bertz CT molecular complexity index is 1760. The maximum Gasteiger partial charge on any atom is 0.254 e. The Morgan fingerprint density at radius 2 is 1.50 bits per heavy atom. The molecule has 2 aromatic heterocycles. The summed E-state index contributed by atoms with van der Waals surface area (Å²) in [7, 11) is 0. The van der Waals surface area contributed by atoms with Crippen LogP contribution in [0.1, 0.15) is 16.1 Å². The predicted molar refractivity (Wildman–Crippen MR) is 155 cm³/mol. The number of nitrogens with zero attached hydrogens (tertiary/aromatic N) is 3. The number of nitrogens with one attached hydrogen (secondary N) is 1. The van der Waals surface area contributed by atoms with Crippen LogP contribution in [-0.4, -0.2) is 33.0 Å². The van der Waals surface area contributed by atoms with Crippen LogP contribution >= 0.6 is 0 Å². The van der Waals surface area contributed by atoms with Crippen molar-refractivity contribution in [2.45, 2.75) is 6.54 Å². The lowest BCUT2D eigenvalue weighted by Crippen LogP contribution is -2.37. The van der Waals surface area contributed by atoms with E-state index in [2.05, 4.69) is 5.32 Å². The molecule has 0 fully saturated rings. The zero-order valence-corrected chi connectivity index (χ0v) is 21.6. The van der Waals surface area contributed by atoms with Crippen molar-refractivity contribution in [2.75, 3.05) is 11.9 Å². The summed E-state index contributed by atoms with van der Waals surface area (Å²) < 4.78 is 7.21. The maximum absolute atomic E-state index is 13.7. The van der Waals surface area contributed by atoms with Crippen LogP contribution in [0.4, 0.5) is 5.82 Å². The second-order valence-electron chi connectivity index (χ2n) is 9.38. The molecule has 0 saturated carbocycles. The molecule has 0 radical (unpaired) electrons. The number of benzene rings is 4. The van der Waals surface area contributed by atoms with Crippen LogP contribution in [0, 0.1) is 0 Å². The van der Waals surface area contributed by atoms with E-state index in [4.69, 9.17) is 9.52 Å². The van der Waals surface area contributed by atoms with Gasteiger partial charge in [-0.2, -0.15) is 5.10 Å². The Morgan fingerprint density at radius 1 is 0.775 bits per heavy atom. The van der Waals surface area contributed by atoms with Crippen molar-refractivity contribution in [2.24, 2.45) is 0 Å². The molecule has 0 atom stereocenters. The molecule has 1 N–H and O–H groups in total. The van der Waals surface area contributed by atoms with E-state index < -0.39 is 0 Å². The van der Waals surface area contributed by atoms with Crippen molar-refractivity contribution >= 4 is 28.4 Å². The van der Waals surface area contributed by atoms with E-state index in [-0.39, 0.29) is 24.9 Å². The van der Waals surface area contributed by atoms with Crippen LogP contribution < -0.4 is 5.32 Å². The molecule has 0 saturated heterocycles. The van der Waals surface area contributed by atoms with Crippen LogP contribution in [0.5, 0.6) is 0 Å². The fraction of sp³-hybridized carbons (Fsp3) is 0.0606. The largest absolute Gasteiger partial charge is 0.467 e. The van der Waals surface area contributed by atoms with Crippen LogP contribution in [-0.2, 0) is 11.3 Å². The average molecular weight is 527 g/mol. The maximum atomic E-state index is 13.7. The first-order chi connectivity index (χ1) is 19.6. The van der Waals surface area contributed by atoms with Gasteiger partial charge in [-0.3, -0.25) is 9.59 Å². The quantitative estimate of drug-likeness (QED) is 0.243. The molecule has 40 heavy (non-hydrogen) atoms. The number of para-hydroxylation sites is 1. The zero-order chi connectivity index (χ0) is 27.3. The summed E-state index contributed by atoms with van der Waals surface area (Å²) in [6, 6.07) is 38.2. The van der Waals surface area contributed by atoms with Gasteiger partial charge in [-0.05, 0) is 47.2 Å². The average Bonchev–Trinajstić information content (AvgIpc) is 3.67. The summed E-state index contributed by atoms with van der Waals surface area (Å²) in [6.45, 7) is -0.0215. The Kier molecular flexibility index (Phi) is 6.92. The van der Waals surface area contributed by atoms with E-state index in [9.17, 15) is 9.59 Å². The molecular formula is C33H26N4O3. The molecule has 0 aliphatic carbocycles. The van der Waals surface area contributed by atoms with Gasteiger partial charge in [0.05, 0.1) is 24.2 Å². The number of amides is 2. The first-order valence-corrected chi connectivity index (χ1v) is 13.0. The highest BCUT2D eigenvalue weighted by Gasteiger charge is 2.22. The lowest BCUT2D eigenvalue weighted by Gasteiger charge is -2.21. The Morgan fingerprint density at radius 3 is 2.25 bits per heavy atom. The number of carbonyl (C=O) groups excluding carboxylic acids is 2. The smallest absolute Gasteiger partial charge is 0.254 e. The second kappa shape index (κ2) is 11.1. The minimum Gasteiger partial charge on any atom is -0.467 e. The second-order valence-corrected chi connectivity index (χ2v) is 9.38. The summed E-state index contributed by atoms with van der Waals surface area (Å²) in [5, 5.41) is 9.74. The number of furan rings is 1. The van der Waals surface area contributed by atoms with Crippen molar-refractivity contribution in [1.82, 2.24) is 14.7 Å². The minimum absolute atomic E-state index is 0.152. The van der Waals surface area contributed by atoms with Gasteiger partial charge in [0, 0.05) is 17.2 Å². The molecule has 0 unspecified atom stereocenters. The molecule has 0 aliphatic rings. The molecule has 7 nitrogen and oxygen atoms in total. The van der Waals surface area contributed by atoms with Gasteiger partial charge in [-0.25, -0.2) is 4.68 Å². The third kappa shape index (κ3) is 5.39. The number of aromatic nitrogens is 2. The van der Waals surface area contributed by atoms with Crippen molar-refractivity contribution in [3.63, 3.8) is 0 Å². The minimum atomic E-state index is -0.350. The summed E-state index contributed by atoms with van der Waals surface area (Å²) in [6.07, 6.45) is 1.55. The molecule has 196 valence electrons. The molecule has 6 aromatic rings. The summed E-state index contributed by atoms with van der Waals surface area (Å²) >= 11 is 0. The highest BCUT2D eigenvalue weighted by Crippen LogP contribution is 2.25. The highest BCUT2D eigenvalue weighted by atomic mass is 16.3. The molecule has 4 aromatic carbocycles. The van der Waals surface area contributed by atoms with Crippen LogP contribution in [0.25, 0.3) is 27.7 Å². The molecule has 7 heteroatoms. The van der Waals surface area contributed by atoms with Gasteiger partial charge < -0.3 is 14.6 Å². The molecule has 2 amide bonds. The molecular weight excluding hydrogens is 500 g/mol. The van der Waals surface area contributed by atoms with E-state index in [0.29, 0.717) is 17.1 Å². The SMILES string of the molecule is O=C(CN(Cc1ccco1)C(=O)c1ccc2ccccc2c1)Nc1cc(-c2ccccc2)nn1-c1ccccc1. The van der Waals surface area contributed by atoms with Gasteiger partial charge in [0.1, 0.15) is 18.1 Å². The third-order valence-corrected chi connectivity index (χ3v) is 6.59. The van der Waals surface area contributed by atoms with Gasteiger partial charge in [0.15, 0.2) is 0 Å². The van der Waals surface area contributed by atoms with Gasteiger partial charge in [-0.1, -0.05) is 78.9 Å².